The smallest absolute Gasteiger partial charge is 0.284 e. The number of nitrogens with zero attached hydrogens (tertiary/aromatic N) is 1. The highest BCUT2D eigenvalue weighted by atomic mass is 32.2. The van der Waals surface area contributed by atoms with Gasteiger partial charge in [0.25, 0.3) is 5.23 Å². The normalized spacial score (nSPS) is 12.7. The van der Waals surface area contributed by atoms with Crippen LogP contribution >= 0.6 is 12.1 Å². The Balaban J connectivity index is 3.02. The Morgan fingerprint density at radius 1 is 1.26 bits per heavy atom. The molecule has 3 nitrogen and oxygen atoms in total. The Hall–Kier alpha value is -1.23. The summed E-state index contributed by atoms with van der Waals surface area (Å²) in [6.45, 7) is 9.49. The average molecular weight is 285 g/mol. The number of halogens is 1. The summed E-state index contributed by atoms with van der Waals surface area (Å²) in [5.41, 5.74) is 0.214. The van der Waals surface area contributed by atoms with E-state index in [0.717, 1.165) is 0 Å². The molecule has 0 saturated carbocycles. The van der Waals surface area contributed by atoms with Gasteiger partial charge in [0.05, 0.1) is 6.10 Å². The molecular formula is C14H20FNO2S. The maximum absolute atomic E-state index is 12.8. The average Bonchev–Trinajstić information content (AvgIpc) is 2.28. The lowest BCUT2D eigenvalue weighted by Crippen LogP contribution is -2.23. The highest BCUT2D eigenvalue weighted by molar-refractivity contribution is 8.09. The second kappa shape index (κ2) is 6.80. The molecule has 0 aromatic heterocycles. The molecule has 0 aliphatic rings. The van der Waals surface area contributed by atoms with Crippen LogP contribution in [0.15, 0.2) is 29.3 Å². The van der Waals surface area contributed by atoms with Gasteiger partial charge in [0.1, 0.15) is 29.2 Å². The molecule has 0 amide bonds. The van der Waals surface area contributed by atoms with Crippen LogP contribution in [0.5, 0.6) is 5.75 Å². The van der Waals surface area contributed by atoms with E-state index >= 15 is 0 Å². The van der Waals surface area contributed by atoms with Crippen molar-refractivity contribution < 1.29 is 13.4 Å². The first-order valence-corrected chi connectivity index (χ1v) is 6.85. The van der Waals surface area contributed by atoms with Crippen molar-refractivity contribution in [3.8, 4) is 5.75 Å². The van der Waals surface area contributed by atoms with Gasteiger partial charge >= 0.3 is 0 Å². The van der Waals surface area contributed by atoms with Gasteiger partial charge in [0, 0.05) is 0 Å². The maximum Gasteiger partial charge on any atom is 0.284 e. The van der Waals surface area contributed by atoms with Crippen LogP contribution in [-0.4, -0.2) is 16.9 Å². The van der Waals surface area contributed by atoms with E-state index in [0.29, 0.717) is 11.4 Å². The SMILES string of the molecule is CC(C)OC(=Nc1ccccc1OC(C)(C)C)SF. The van der Waals surface area contributed by atoms with E-state index in [1.807, 2.05) is 46.8 Å². The minimum Gasteiger partial charge on any atom is -0.486 e. The zero-order chi connectivity index (χ0) is 14.5. The summed E-state index contributed by atoms with van der Waals surface area (Å²) in [4.78, 5) is 4.16. The largest absolute Gasteiger partial charge is 0.486 e. The molecule has 0 aliphatic carbocycles. The first-order valence-electron chi connectivity index (χ1n) is 6.14. The van der Waals surface area contributed by atoms with Crippen LogP contribution in [0.4, 0.5) is 9.57 Å². The Morgan fingerprint density at radius 2 is 1.89 bits per heavy atom. The molecule has 0 unspecified atom stereocenters. The number of ether oxygens (including phenoxy) is 2. The highest BCUT2D eigenvalue weighted by Crippen LogP contribution is 2.31. The van der Waals surface area contributed by atoms with Gasteiger partial charge in [0.2, 0.25) is 0 Å². The quantitative estimate of drug-likeness (QED) is 0.585. The van der Waals surface area contributed by atoms with Crippen LogP contribution in [-0.2, 0) is 4.74 Å². The standard InChI is InChI=1S/C14H20FNO2S/c1-10(2)17-13(19-15)16-11-8-6-7-9-12(11)18-14(3,4)5/h6-10H,1-5H3. The molecule has 0 radical (unpaired) electrons. The van der Waals surface area contributed by atoms with Gasteiger partial charge < -0.3 is 9.47 Å². The molecule has 0 atom stereocenters. The molecule has 1 rings (SSSR count). The highest BCUT2D eigenvalue weighted by Gasteiger charge is 2.15. The summed E-state index contributed by atoms with van der Waals surface area (Å²) in [7, 11) is 0. The Labute approximate surface area is 118 Å². The van der Waals surface area contributed by atoms with Gasteiger partial charge in [-0.25, -0.2) is 4.99 Å². The van der Waals surface area contributed by atoms with Gasteiger partial charge in [0.15, 0.2) is 0 Å². The van der Waals surface area contributed by atoms with Crippen molar-refractivity contribution in [3.63, 3.8) is 0 Å². The van der Waals surface area contributed by atoms with Crippen molar-refractivity contribution >= 4 is 23.1 Å². The van der Waals surface area contributed by atoms with E-state index in [4.69, 9.17) is 9.47 Å². The second-order valence-corrected chi connectivity index (χ2v) is 5.81. The van der Waals surface area contributed by atoms with E-state index in [1.54, 1.807) is 12.1 Å². The lowest BCUT2D eigenvalue weighted by Gasteiger charge is -2.22. The third-order valence-corrected chi connectivity index (χ3v) is 2.22. The van der Waals surface area contributed by atoms with Crippen molar-refractivity contribution in [2.24, 2.45) is 4.99 Å². The fourth-order valence-electron chi connectivity index (χ4n) is 1.33. The number of aliphatic imine (C=N–C) groups is 1. The minimum atomic E-state index is -0.340. The number of rotatable bonds is 3. The van der Waals surface area contributed by atoms with Crippen molar-refractivity contribution in [3.05, 3.63) is 24.3 Å². The van der Waals surface area contributed by atoms with Crippen LogP contribution < -0.4 is 4.74 Å². The summed E-state index contributed by atoms with van der Waals surface area (Å²) in [5.74, 6) is 0.605. The molecule has 19 heavy (non-hydrogen) atoms. The van der Waals surface area contributed by atoms with E-state index in [9.17, 15) is 3.89 Å². The predicted octanol–water partition coefficient (Wildman–Crippen LogP) is 4.89. The molecule has 0 N–H and O–H groups in total. The minimum absolute atomic E-state index is 0.00801. The topological polar surface area (TPSA) is 30.8 Å². The third kappa shape index (κ3) is 5.96. The molecule has 0 bridgehead atoms. The fraction of sp³-hybridized carbons (Fsp3) is 0.500. The number of benzene rings is 1. The lowest BCUT2D eigenvalue weighted by atomic mass is 10.2. The molecule has 5 heteroatoms. The zero-order valence-corrected chi connectivity index (χ0v) is 12.8. The molecular weight excluding hydrogens is 265 g/mol. The number of para-hydroxylation sites is 2. The molecule has 106 valence electrons. The van der Waals surface area contributed by atoms with Gasteiger partial charge in [-0.3, -0.25) is 0 Å². The maximum atomic E-state index is 12.8. The van der Waals surface area contributed by atoms with E-state index in [-0.39, 0.29) is 29.1 Å². The predicted molar refractivity (Wildman–Crippen MR) is 78.8 cm³/mol. The summed E-state index contributed by atoms with van der Waals surface area (Å²) >= 11 is -0.00801. The molecule has 0 spiro atoms. The summed E-state index contributed by atoms with van der Waals surface area (Å²) in [5, 5.41) is -0.0139. The van der Waals surface area contributed by atoms with Gasteiger partial charge in [-0.2, -0.15) is 3.89 Å². The van der Waals surface area contributed by atoms with Crippen LogP contribution in [0.3, 0.4) is 0 Å². The molecule has 0 aliphatic heterocycles. The number of hydrogen-bond donors (Lipinski definition) is 0. The summed E-state index contributed by atoms with van der Waals surface area (Å²) in [6.07, 6.45) is -0.127. The molecule has 0 heterocycles. The van der Waals surface area contributed by atoms with E-state index < -0.39 is 0 Å². The molecule has 1 aromatic carbocycles. The summed E-state index contributed by atoms with van der Waals surface area (Å²) < 4.78 is 23.9. The Morgan fingerprint density at radius 3 is 2.42 bits per heavy atom. The van der Waals surface area contributed by atoms with Gasteiger partial charge in [-0.05, 0) is 46.8 Å². The molecule has 0 fully saturated rings. The van der Waals surface area contributed by atoms with Crippen LogP contribution in [0.2, 0.25) is 0 Å². The summed E-state index contributed by atoms with van der Waals surface area (Å²) in [6, 6.07) is 7.25. The monoisotopic (exact) mass is 285 g/mol. The lowest BCUT2D eigenvalue weighted by molar-refractivity contribution is 0.131. The van der Waals surface area contributed by atoms with Gasteiger partial charge in [-0.1, -0.05) is 12.1 Å². The van der Waals surface area contributed by atoms with Crippen LogP contribution in [0.25, 0.3) is 0 Å². The van der Waals surface area contributed by atoms with Crippen molar-refractivity contribution in [2.75, 3.05) is 0 Å². The van der Waals surface area contributed by atoms with Crippen LogP contribution in [0.1, 0.15) is 34.6 Å². The third-order valence-electron chi connectivity index (χ3n) is 1.90. The first kappa shape index (κ1) is 15.8. The van der Waals surface area contributed by atoms with Gasteiger partial charge in [-0.15, -0.1) is 0 Å². The van der Waals surface area contributed by atoms with E-state index in [1.165, 1.54) is 0 Å². The first-order chi connectivity index (χ1) is 8.81. The Kier molecular flexibility index (Phi) is 5.66. The second-order valence-electron chi connectivity index (χ2n) is 5.30. The number of hydrogen-bond acceptors (Lipinski definition) is 4. The van der Waals surface area contributed by atoms with E-state index in [2.05, 4.69) is 4.99 Å². The van der Waals surface area contributed by atoms with Crippen molar-refractivity contribution in [1.29, 1.82) is 0 Å². The van der Waals surface area contributed by atoms with Crippen LogP contribution in [0, 0.1) is 0 Å². The van der Waals surface area contributed by atoms with Crippen molar-refractivity contribution in [1.82, 2.24) is 0 Å². The molecule has 1 aromatic rings. The van der Waals surface area contributed by atoms with Crippen molar-refractivity contribution in [2.45, 2.75) is 46.3 Å². The Bertz CT molecular complexity index is 441. The fourth-order valence-corrected chi connectivity index (χ4v) is 1.69. The molecule has 0 saturated heterocycles. The zero-order valence-electron chi connectivity index (χ0n) is 11.9.